The van der Waals surface area contributed by atoms with Crippen molar-refractivity contribution in [3.05, 3.63) is 48.4 Å². The van der Waals surface area contributed by atoms with Crippen LogP contribution in [0.3, 0.4) is 0 Å². The molecule has 0 saturated carbocycles. The summed E-state index contributed by atoms with van der Waals surface area (Å²) in [5, 5.41) is 0. The first-order valence-corrected chi connectivity index (χ1v) is 8.21. The summed E-state index contributed by atoms with van der Waals surface area (Å²) in [5.41, 5.74) is 0. The number of hydrogen-bond acceptors (Lipinski definition) is 2. The number of rotatable bonds is 14. The van der Waals surface area contributed by atoms with E-state index in [1.807, 2.05) is 6.92 Å². The van der Waals surface area contributed by atoms with Crippen molar-refractivity contribution < 1.29 is 20.5 Å². The molecule has 0 aliphatic carbocycles. The molecule has 0 amide bonds. The zero-order valence-electron chi connectivity index (χ0n) is 22.4. The number of ether oxygens (including phenoxy) is 1. The lowest BCUT2D eigenvalue weighted by Gasteiger charge is -1.95. The van der Waals surface area contributed by atoms with Gasteiger partial charge in [0, 0.05) is 6.42 Å². The molecule has 0 aromatic rings. The van der Waals surface area contributed by atoms with E-state index in [-0.39, 0.29) is 86.5 Å². The van der Waals surface area contributed by atoms with Crippen LogP contribution < -0.4 is 0 Å². The summed E-state index contributed by atoms with van der Waals surface area (Å²) in [5.74, 6) is -0.390. The highest BCUT2D eigenvalue weighted by Crippen LogP contribution is 2.01. The van der Waals surface area contributed by atoms with Crippen LogP contribution in [-0.2, 0) is 9.53 Å². The third kappa shape index (κ3) is 18.4. The summed E-state index contributed by atoms with van der Waals surface area (Å²) in [7, 11) is 1.28. The Labute approximate surface area is 154 Å². The fourth-order valence-electron chi connectivity index (χ4n) is 1.57. The van der Waals surface area contributed by atoms with Crippen molar-refractivity contribution in [2.45, 2.75) is 71.1 Å². The average Bonchev–Trinajstić information content (AvgIpc) is 2.72. The number of hydrogen-bond donors (Lipinski definition) is 0. The van der Waals surface area contributed by atoms with E-state index >= 15 is 0 Å². The summed E-state index contributed by atoms with van der Waals surface area (Å²) < 4.78 is 67.9. The Morgan fingerprint density at radius 1 is 0.826 bits per heavy atom. The Kier molecular flexibility index (Phi) is 8.89. The van der Waals surface area contributed by atoms with Gasteiger partial charge in [-0.05, 0) is 44.9 Å². The molecule has 0 heterocycles. The Balaban J connectivity index is 4.98. The van der Waals surface area contributed by atoms with Gasteiger partial charge in [0.25, 0.3) is 0 Å². The first kappa shape index (κ1) is 11.1. The van der Waals surface area contributed by atoms with Crippen LogP contribution in [0.15, 0.2) is 48.4 Å². The number of unbranched alkanes of at least 4 members (excludes halogenated alkanes) is 2. The van der Waals surface area contributed by atoms with Gasteiger partial charge in [0.1, 0.15) is 0 Å². The molecule has 0 rings (SSSR count). The molecule has 0 N–H and O–H groups in total. The lowest BCUT2D eigenvalue weighted by atomic mass is 10.2. The van der Waals surface area contributed by atoms with Crippen molar-refractivity contribution in [3.8, 4) is 0 Å². The Hall–Kier alpha value is -1.57. The van der Waals surface area contributed by atoms with Crippen molar-refractivity contribution in [3.63, 3.8) is 0 Å². The van der Waals surface area contributed by atoms with Crippen LogP contribution in [0.1, 0.15) is 82.1 Å². The van der Waals surface area contributed by atoms with Gasteiger partial charge in [-0.15, -0.1) is 0 Å². The van der Waals surface area contributed by atoms with E-state index in [4.69, 9.17) is 11.0 Å². The fraction of sp³-hybridized carbons (Fsp3) is 0.571. The second-order valence-corrected chi connectivity index (χ2v) is 4.83. The molecular formula is C21H34O2. The molecule has 0 unspecified atom stereocenters. The molecule has 2 nitrogen and oxygen atoms in total. The summed E-state index contributed by atoms with van der Waals surface area (Å²) in [4.78, 5) is 11.1. The number of carbonyl (C=O) groups is 1. The molecule has 0 aromatic heterocycles. The van der Waals surface area contributed by atoms with Crippen molar-refractivity contribution in [2.24, 2.45) is 0 Å². The second kappa shape index (κ2) is 18.5. The maximum absolute atomic E-state index is 11.1. The molecule has 2 heteroatoms. The van der Waals surface area contributed by atoms with E-state index in [0.717, 1.165) is 19.3 Å². The molecular weight excluding hydrogens is 284 g/mol. The number of carbonyl (C=O) groups excluding carboxylic acids is 1. The highest BCUT2D eigenvalue weighted by molar-refractivity contribution is 5.69. The van der Waals surface area contributed by atoms with Crippen LogP contribution >= 0.6 is 0 Å². The molecule has 0 radical (unpaired) electrons. The molecule has 0 spiro atoms. The van der Waals surface area contributed by atoms with E-state index < -0.39 is 0 Å². The van der Waals surface area contributed by atoms with Gasteiger partial charge in [-0.1, -0.05) is 68.2 Å². The predicted molar refractivity (Wildman–Crippen MR) is 100 cm³/mol. The SMILES string of the molecule is [2H]/C(CCCCC)=C(/[2H])C/C([2H])=C(\[2H])C/C([2H])=C(\[2H])C/C([2H])=C(\[2H])CCCC(=O)OC. The molecule has 0 saturated heterocycles. The van der Waals surface area contributed by atoms with Gasteiger partial charge in [-0.25, -0.2) is 0 Å². The summed E-state index contributed by atoms with van der Waals surface area (Å²) in [6.45, 7) is 2.05. The van der Waals surface area contributed by atoms with Crippen molar-refractivity contribution in [2.75, 3.05) is 7.11 Å². The third-order valence-corrected chi connectivity index (χ3v) is 2.85. The Bertz CT molecular complexity index is 723. The topological polar surface area (TPSA) is 26.3 Å². The highest BCUT2D eigenvalue weighted by Gasteiger charge is 1.96. The molecule has 0 aliphatic heterocycles. The second-order valence-electron chi connectivity index (χ2n) is 4.83. The average molecular weight is 327 g/mol. The first-order valence-electron chi connectivity index (χ1n) is 12.2. The van der Waals surface area contributed by atoms with Crippen LogP contribution in [0.4, 0.5) is 0 Å². The monoisotopic (exact) mass is 326 g/mol. The van der Waals surface area contributed by atoms with Gasteiger partial charge < -0.3 is 4.74 Å². The van der Waals surface area contributed by atoms with Gasteiger partial charge in [-0.2, -0.15) is 0 Å². The lowest BCUT2D eigenvalue weighted by molar-refractivity contribution is -0.140. The number of methoxy groups -OCH3 is 1. The molecule has 0 atom stereocenters. The van der Waals surface area contributed by atoms with Gasteiger partial charge in [0.15, 0.2) is 0 Å². The summed E-state index contributed by atoms with van der Waals surface area (Å²) in [6, 6.07) is -0.756. The quantitative estimate of drug-likeness (QED) is 0.212. The minimum Gasteiger partial charge on any atom is -0.469 e. The van der Waals surface area contributed by atoms with Gasteiger partial charge in [-0.3, -0.25) is 4.79 Å². The van der Waals surface area contributed by atoms with Gasteiger partial charge in [0.05, 0.1) is 18.1 Å². The van der Waals surface area contributed by atoms with E-state index in [9.17, 15) is 4.79 Å². The van der Waals surface area contributed by atoms with E-state index in [1.54, 1.807) is 0 Å². The summed E-state index contributed by atoms with van der Waals surface area (Å²) >= 11 is 0. The maximum Gasteiger partial charge on any atom is 0.305 e. The van der Waals surface area contributed by atoms with E-state index in [2.05, 4.69) is 4.74 Å². The zero-order valence-corrected chi connectivity index (χ0v) is 14.4. The van der Waals surface area contributed by atoms with Crippen LogP contribution in [0.2, 0.25) is 0 Å². The molecule has 0 bridgehead atoms. The molecule has 0 fully saturated rings. The van der Waals surface area contributed by atoms with Gasteiger partial charge in [0.2, 0.25) is 0 Å². The highest BCUT2D eigenvalue weighted by atomic mass is 16.5. The normalized spacial score (nSPS) is 20.6. The maximum atomic E-state index is 11.1. The van der Waals surface area contributed by atoms with Crippen LogP contribution in [0.25, 0.3) is 0 Å². The van der Waals surface area contributed by atoms with Gasteiger partial charge >= 0.3 is 5.97 Å². The van der Waals surface area contributed by atoms with Crippen LogP contribution in [0, 0.1) is 0 Å². The standard InChI is InChI=1S/C21H34O2/c1-3-4-5-6-7-8-9-10-11-12-13-14-15-16-17-18-19-20-21(22)23-2/h7-8,10-11,13-14,16-17H,3-6,9,12,15,18-20H2,1-2H3/b8-7+,11-10+,14-13+,17-16+/i7D,8D,10D,11D,13D,14D,16D,17D. The third-order valence-electron chi connectivity index (χ3n) is 2.85. The minimum absolute atomic E-state index is 0.00496. The predicted octanol–water partition coefficient (Wildman–Crippen LogP) is 6.31. The molecule has 0 aromatic carbocycles. The van der Waals surface area contributed by atoms with E-state index in [0.29, 0.717) is 12.8 Å². The zero-order chi connectivity index (χ0) is 24.0. The minimum atomic E-state index is -0.390. The van der Waals surface area contributed by atoms with Crippen LogP contribution in [0.5, 0.6) is 0 Å². The number of esters is 1. The number of allylic oxidation sites excluding steroid dienone is 8. The molecule has 0 aliphatic rings. The Morgan fingerprint density at radius 3 is 1.78 bits per heavy atom. The summed E-state index contributed by atoms with van der Waals surface area (Å²) in [6.07, 6.45) is 3.33. The molecule has 130 valence electrons. The smallest absolute Gasteiger partial charge is 0.305 e. The Morgan fingerprint density at radius 2 is 1.30 bits per heavy atom. The van der Waals surface area contributed by atoms with Crippen molar-refractivity contribution in [1.82, 2.24) is 0 Å². The fourth-order valence-corrected chi connectivity index (χ4v) is 1.57. The first-order chi connectivity index (χ1) is 14.5. The van der Waals surface area contributed by atoms with Crippen molar-refractivity contribution >= 4 is 5.97 Å². The molecule has 23 heavy (non-hydrogen) atoms. The van der Waals surface area contributed by atoms with E-state index in [1.165, 1.54) is 7.11 Å². The lowest BCUT2D eigenvalue weighted by Crippen LogP contribution is -1.98. The largest absolute Gasteiger partial charge is 0.469 e. The van der Waals surface area contributed by atoms with Crippen molar-refractivity contribution in [1.29, 1.82) is 0 Å². The van der Waals surface area contributed by atoms with Crippen LogP contribution in [-0.4, -0.2) is 13.1 Å².